The third-order valence-electron chi connectivity index (χ3n) is 3.08. The number of ether oxygens (including phenoxy) is 1. The van der Waals surface area contributed by atoms with Crippen molar-refractivity contribution in [1.29, 1.82) is 0 Å². The van der Waals surface area contributed by atoms with Crippen molar-refractivity contribution >= 4 is 0 Å². The van der Waals surface area contributed by atoms with Gasteiger partial charge in [-0.15, -0.1) is 0 Å². The van der Waals surface area contributed by atoms with Crippen molar-refractivity contribution in [1.82, 2.24) is 9.80 Å². The standard InChI is InChI=1S/C12H26N2O/c1-5-14-7-6-13(8-11(2)3)9-12(14)10-15-4/h11-12H,5-10H2,1-4H3. The second-order valence-corrected chi connectivity index (χ2v) is 4.89. The Morgan fingerprint density at radius 2 is 2.07 bits per heavy atom. The van der Waals surface area contributed by atoms with Gasteiger partial charge in [0.2, 0.25) is 0 Å². The molecular formula is C12H26N2O. The molecule has 0 aromatic carbocycles. The first-order valence-corrected chi connectivity index (χ1v) is 6.12. The maximum Gasteiger partial charge on any atom is 0.0630 e. The van der Waals surface area contributed by atoms with Crippen LogP contribution in [0.25, 0.3) is 0 Å². The van der Waals surface area contributed by atoms with E-state index in [0.717, 1.165) is 19.1 Å². The Kier molecular flexibility index (Phi) is 5.58. The Hall–Kier alpha value is -0.120. The quantitative estimate of drug-likeness (QED) is 0.686. The fourth-order valence-electron chi connectivity index (χ4n) is 2.41. The Balaban J connectivity index is 2.42. The largest absolute Gasteiger partial charge is 0.383 e. The monoisotopic (exact) mass is 214 g/mol. The van der Waals surface area contributed by atoms with Gasteiger partial charge in [-0.05, 0) is 12.5 Å². The summed E-state index contributed by atoms with van der Waals surface area (Å²) in [6.45, 7) is 13.6. The van der Waals surface area contributed by atoms with E-state index in [2.05, 4.69) is 30.6 Å². The maximum absolute atomic E-state index is 5.30. The van der Waals surface area contributed by atoms with Crippen LogP contribution in [0, 0.1) is 5.92 Å². The summed E-state index contributed by atoms with van der Waals surface area (Å²) >= 11 is 0. The minimum Gasteiger partial charge on any atom is -0.383 e. The SMILES string of the molecule is CCN1CCN(CC(C)C)CC1COC. The fraction of sp³-hybridized carbons (Fsp3) is 1.00. The van der Waals surface area contributed by atoms with E-state index in [4.69, 9.17) is 4.74 Å². The number of piperazine rings is 1. The van der Waals surface area contributed by atoms with Gasteiger partial charge in [0.25, 0.3) is 0 Å². The Bertz CT molecular complexity index is 173. The maximum atomic E-state index is 5.30. The molecule has 1 aliphatic rings. The third-order valence-corrected chi connectivity index (χ3v) is 3.08. The molecule has 0 N–H and O–H groups in total. The molecule has 1 aliphatic heterocycles. The van der Waals surface area contributed by atoms with Gasteiger partial charge in [-0.25, -0.2) is 0 Å². The first kappa shape index (κ1) is 12.9. The van der Waals surface area contributed by atoms with Gasteiger partial charge >= 0.3 is 0 Å². The summed E-state index contributed by atoms with van der Waals surface area (Å²) in [7, 11) is 1.80. The van der Waals surface area contributed by atoms with Crippen LogP contribution in [0.2, 0.25) is 0 Å². The smallest absolute Gasteiger partial charge is 0.0630 e. The summed E-state index contributed by atoms with van der Waals surface area (Å²) in [4.78, 5) is 5.10. The molecule has 0 spiro atoms. The highest BCUT2D eigenvalue weighted by atomic mass is 16.5. The van der Waals surface area contributed by atoms with Gasteiger partial charge in [0.05, 0.1) is 6.61 Å². The van der Waals surface area contributed by atoms with Crippen LogP contribution in [0.3, 0.4) is 0 Å². The zero-order chi connectivity index (χ0) is 11.3. The molecule has 0 saturated carbocycles. The van der Waals surface area contributed by atoms with Gasteiger partial charge in [-0.2, -0.15) is 0 Å². The molecule has 3 nitrogen and oxygen atoms in total. The molecule has 1 saturated heterocycles. The summed E-state index contributed by atoms with van der Waals surface area (Å²) in [6, 6.07) is 0.590. The predicted molar refractivity (Wildman–Crippen MR) is 64.2 cm³/mol. The molecule has 1 heterocycles. The van der Waals surface area contributed by atoms with Gasteiger partial charge in [-0.1, -0.05) is 20.8 Å². The number of hydrogen-bond acceptors (Lipinski definition) is 3. The van der Waals surface area contributed by atoms with Crippen molar-refractivity contribution in [3.05, 3.63) is 0 Å². The van der Waals surface area contributed by atoms with E-state index in [1.54, 1.807) is 7.11 Å². The topological polar surface area (TPSA) is 15.7 Å². The second kappa shape index (κ2) is 6.46. The van der Waals surface area contributed by atoms with Crippen molar-refractivity contribution in [2.24, 2.45) is 5.92 Å². The van der Waals surface area contributed by atoms with Crippen LogP contribution in [-0.4, -0.2) is 62.3 Å². The lowest BCUT2D eigenvalue weighted by atomic mass is 10.1. The zero-order valence-electron chi connectivity index (χ0n) is 10.7. The summed E-state index contributed by atoms with van der Waals surface area (Å²) in [5.74, 6) is 0.765. The summed E-state index contributed by atoms with van der Waals surface area (Å²) in [6.07, 6.45) is 0. The molecule has 0 amide bonds. The highest BCUT2D eigenvalue weighted by molar-refractivity contribution is 4.81. The predicted octanol–water partition coefficient (Wildman–Crippen LogP) is 1.29. The summed E-state index contributed by atoms with van der Waals surface area (Å²) in [5.41, 5.74) is 0. The summed E-state index contributed by atoms with van der Waals surface area (Å²) < 4.78 is 5.30. The van der Waals surface area contributed by atoms with Crippen LogP contribution in [0.1, 0.15) is 20.8 Å². The highest BCUT2D eigenvalue weighted by Gasteiger charge is 2.25. The number of nitrogens with zero attached hydrogens (tertiary/aromatic N) is 2. The summed E-state index contributed by atoms with van der Waals surface area (Å²) in [5, 5.41) is 0. The van der Waals surface area contributed by atoms with Gasteiger partial charge in [-0.3, -0.25) is 4.90 Å². The van der Waals surface area contributed by atoms with Gasteiger partial charge < -0.3 is 9.64 Å². The molecule has 90 valence electrons. The number of hydrogen-bond donors (Lipinski definition) is 0. The van der Waals surface area contributed by atoms with E-state index in [0.29, 0.717) is 6.04 Å². The van der Waals surface area contributed by atoms with E-state index in [1.807, 2.05) is 0 Å². The van der Waals surface area contributed by atoms with E-state index in [9.17, 15) is 0 Å². The molecule has 0 aromatic rings. The molecule has 0 radical (unpaired) electrons. The molecule has 0 bridgehead atoms. The lowest BCUT2D eigenvalue weighted by molar-refractivity contribution is 0.0245. The van der Waals surface area contributed by atoms with Crippen LogP contribution < -0.4 is 0 Å². The van der Waals surface area contributed by atoms with Crippen molar-refractivity contribution in [3.63, 3.8) is 0 Å². The van der Waals surface area contributed by atoms with Crippen molar-refractivity contribution in [2.45, 2.75) is 26.8 Å². The molecule has 1 atom stereocenters. The molecule has 1 rings (SSSR count). The number of methoxy groups -OCH3 is 1. The van der Waals surface area contributed by atoms with E-state index in [1.165, 1.54) is 26.2 Å². The van der Waals surface area contributed by atoms with Gasteiger partial charge in [0.1, 0.15) is 0 Å². The van der Waals surface area contributed by atoms with Crippen LogP contribution in [0.15, 0.2) is 0 Å². The van der Waals surface area contributed by atoms with Crippen molar-refractivity contribution in [2.75, 3.05) is 46.4 Å². The molecule has 3 heteroatoms. The van der Waals surface area contributed by atoms with Gasteiger partial charge in [0.15, 0.2) is 0 Å². The second-order valence-electron chi connectivity index (χ2n) is 4.89. The average Bonchev–Trinajstić information content (AvgIpc) is 2.18. The molecule has 0 aromatic heterocycles. The first-order chi connectivity index (χ1) is 7.17. The van der Waals surface area contributed by atoms with Crippen molar-refractivity contribution < 1.29 is 4.74 Å². The molecule has 1 fully saturated rings. The van der Waals surface area contributed by atoms with Crippen LogP contribution >= 0.6 is 0 Å². The number of likely N-dealkylation sites (N-methyl/N-ethyl adjacent to an activating group) is 1. The molecular weight excluding hydrogens is 188 g/mol. The first-order valence-electron chi connectivity index (χ1n) is 6.12. The minimum absolute atomic E-state index is 0.590. The minimum atomic E-state index is 0.590. The van der Waals surface area contributed by atoms with E-state index in [-0.39, 0.29) is 0 Å². The zero-order valence-corrected chi connectivity index (χ0v) is 10.7. The Morgan fingerprint density at radius 1 is 1.33 bits per heavy atom. The fourth-order valence-corrected chi connectivity index (χ4v) is 2.41. The molecule has 1 unspecified atom stereocenters. The molecule has 0 aliphatic carbocycles. The third kappa shape index (κ3) is 4.09. The van der Waals surface area contributed by atoms with E-state index < -0.39 is 0 Å². The Labute approximate surface area is 94.4 Å². The Morgan fingerprint density at radius 3 is 2.60 bits per heavy atom. The molecule has 15 heavy (non-hydrogen) atoms. The normalized spacial score (nSPS) is 25.0. The number of rotatable bonds is 5. The van der Waals surface area contributed by atoms with Gasteiger partial charge in [0, 0.05) is 39.3 Å². The van der Waals surface area contributed by atoms with Crippen LogP contribution in [-0.2, 0) is 4.74 Å². The highest BCUT2D eigenvalue weighted by Crippen LogP contribution is 2.11. The van der Waals surface area contributed by atoms with Crippen LogP contribution in [0.5, 0.6) is 0 Å². The van der Waals surface area contributed by atoms with Crippen LogP contribution in [0.4, 0.5) is 0 Å². The lowest BCUT2D eigenvalue weighted by Gasteiger charge is -2.41. The van der Waals surface area contributed by atoms with E-state index >= 15 is 0 Å². The lowest BCUT2D eigenvalue weighted by Crippen LogP contribution is -2.55. The average molecular weight is 214 g/mol. The van der Waals surface area contributed by atoms with Crippen molar-refractivity contribution in [3.8, 4) is 0 Å².